The summed E-state index contributed by atoms with van der Waals surface area (Å²) in [4.78, 5) is 22.5. The lowest BCUT2D eigenvalue weighted by Gasteiger charge is -2.09. The van der Waals surface area contributed by atoms with E-state index in [9.17, 15) is 9.59 Å². The zero-order valence-corrected chi connectivity index (χ0v) is 10.3. The summed E-state index contributed by atoms with van der Waals surface area (Å²) in [5.41, 5.74) is 1.42. The van der Waals surface area contributed by atoms with Gasteiger partial charge in [0.2, 0.25) is 5.91 Å². The number of carboxylic acid groups (broad SMARTS) is 1. The number of amides is 1. The van der Waals surface area contributed by atoms with Gasteiger partial charge in [0.05, 0.1) is 5.56 Å². The van der Waals surface area contributed by atoms with Gasteiger partial charge in [-0.2, -0.15) is 0 Å². The van der Waals surface area contributed by atoms with Crippen LogP contribution in [0.15, 0.2) is 18.2 Å². The largest absolute Gasteiger partial charge is 0.478 e. The predicted molar refractivity (Wildman–Crippen MR) is 66.2 cm³/mol. The lowest BCUT2D eigenvalue weighted by Crippen LogP contribution is -2.14. The van der Waals surface area contributed by atoms with Crippen molar-refractivity contribution in [2.24, 2.45) is 5.92 Å². The first-order valence-corrected chi connectivity index (χ1v) is 5.54. The van der Waals surface area contributed by atoms with Crippen molar-refractivity contribution in [3.05, 3.63) is 29.3 Å². The molecule has 0 radical (unpaired) electrons. The van der Waals surface area contributed by atoms with Gasteiger partial charge in [0.1, 0.15) is 0 Å². The third kappa shape index (κ3) is 3.90. The van der Waals surface area contributed by atoms with E-state index in [0.717, 1.165) is 0 Å². The summed E-state index contributed by atoms with van der Waals surface area (Å²) in [6.07, 6.45) is 0.427. The second-order valence-electron chi connectivity index (χ2n) is 4.48. The minimum atomic E-state index is -0.984. The number of carbonyl (C=O) groups excluding carboxylic acids is 1. The van der Waals surface area contributed by atoms with Gasteiger partial charge in [-0.25, -0.2) is 4.79 Å². The maximum atomic E-state index is 11.5. The molecule has 0 aromatic heterocycles. The van der Waals surface area contributed by atoms with Gasteiger partial charge >= 0.3 is 5.97 Å². The Labute approximate surface area is 101 Å². The lowest BCUT2D eigenvalue weighted by atomic mass is 10.1. The van der Waals surface area contributed by atoms with Gasteiger partial charge in [-0.15, -0.1) is 0 Å². The zero-order chi connectivity index (χ0) is 13.0. The second-order valence-corrected chi connectivity index (χ2v) is 4.48. The maximum absolute atomic E-state index is 11.5. The van der Waals surface area contributed by atoms with Crippen LogP contribution in [0, 0.1) is 12.8 Å². The van der Waals surface area contributed by atoms with Crippen molar-refractivity contribution in [3.8, 4) is 0 Å². The number of anilines is 1. The van der Waals surface area contributed by atoms with E-state index in [0.29, 0.717) is 17.7 Å². The van der Waals surface area contributed by atoms with E-state index in [1.807, 2.05) is 13.8 Å². The Morgan fingerprint density at radius 1 is 1.35 bits per heavy atom. The van der Waals surface area contributed by atoms with Crippen LogP contribution in [0.2, 0.25) is 0 Å². The number of hydrogen-bond acceptors (Lipinski definition) is 2. The molecule has 0 bridgehead atoms. The Balaban J connectivity index is 2.82. The van der Waals surface area contributed by atoms with E-state index in [2.05, 4.69) is 5.32 Å². The SMILES string of the molecule is Cc1ccc(NC(=O)CC(C)C)cc1C(=O)O. The molecule has 2 N–H and O–H groups in total. The van der Waals surface area contributed by atoms with E-state index in [4.69, 9.17) is 5.11 Å². The number of carbonyl (C=O) groups is 2. The predicted octanol–water partition coefficient (Wildman–Crippen LogP) is 2.68. The van der Waals surface area contributed by atoms with Crippen molar-refractivity contribution < 1.29 is 14.7 Å². The summed E-state index contributed by atoms with van der Waals surface area (Å²) in [6, 6.07) is 4.88. The van der Waals surface area contributed by atoms with E-state index in [1.54, 1.807) is 19.1 Å². The topological polar surface area (TPSA) is 66.4 Å². The molecule has 1 rings (SSSR count). The molecule has 0 heterocycles. The second kappa shape index (κ2) is 5.48. The molecule has 0 aliphatic rings. The van der Waals surface area contributed by atoms with Crippen LogP contribution in [-0.4, -0.2) is 17.0 Å². The number of nitrogens with one attached hydrogen (secondary N) is 1. The molecule has 1 aromatic carbocycles. The van der Waals surface area contributed by atoms with E-state index in [1.165, 1.54) is 6.07 Å². The molecule has 0 saturated heterocycles. The van der Waals surface area contributed by atoms with Crippen LogP contribution in [0.1, 0.15) is 36.2 Å². The van der Waals surface area contributed by atoms with Gasteiger partial charge in [-0.05, 0) is 30.5 Å². The standard InChI is InChI=1S/C13H17NO3/c1-8(2)6-12(15)14-10-5-4-9(3)11(7-10)13(16)17/h4-5,7-8H,6H2,1-3H3,(H,14,15)(H,16,17). The van der Waals surface area contributed by atoms with Gasteiger partial charge in [0.15, 0.2) is 0 Å². The Morgan fingerprint density at radius 3 is 2.53 bits per heavy atom. The molecule has 17 heavy (non-hydrogen) atoms. The first kappa shape index (κ1) is 13.2. The zero-order valence-electron chi connectivity index (χ0n) is 10.3. The average Bonchev–Trinajstić information content (AvgIpc) is 2.19. The summed E-state index contributed by atoms with van der Waals surface area (Å²) in [6.45, 7) is 5.64. The smallest absolute Gasteiger partial charge is 0.336 e. The first-order valence-electron chi connectivity index (χ1n) is 5.54. The van der Waals surface area contributed by atoms with Crippen molar-refractivity contribution in [2.75, 3.05) is 5.32 Å². The molecule has 4 heteroatoms. The van der Waals surface area contributed by atoms with Crippen molar-refractivity contribution in [3.63, 3.8) is 0 Å². The number of benzene rings is 1. The van der Waals surface area contributed by atoms with E-state index >= 15 is 0 Å². The number of aromatic carboxylic acids is 1. The van der Waals surface area contributed by atoms with Gasteiger partial charge in [0.25, 0.3) is 0 Å². The van der Waals surface area contributed by atoms with Crippen LogP contribution in [0.3, 0.4) is 0 Å². The van der Waals surface area contributed by atoms with Gasteiger partial charge in [0, 0.05) is 12.1 Å². The van der Waals surface area contributed by atoms with E-state index in [-0.39, 0.29) is 17.4 Å². The molecular formula is C13H17NO3. The molecule has 0 atom stereocenters. The van der Waals surface area contributed by atoms with Crippen LogP contribution in [0.4, 0.5) is 5.69 Å². The molecule has 1 aromatic rings. The van der Waals surface area contributed by atoms with Crippen LogP contribution < -0.4 is 5.32 Å². The highest BCUT2D eigenvalue weighted by atomic mass is 16.4. The first-order chi connectivity index (χ1) is 7.90. The number of hydrogen-bond donors (Lipinski definition) is 2. The number of rotatable bonds is 4. The fraction of sp³-hybridized carbons (Fsp3) is 0.385. The Hall–Kier alpha value is -1.84. The Kier molecular flexibility index (Phi) is 4.26. The van der Waals surface area contributed by atoms with Crippen molar-refractivity contribution in [1.82, 2.24) is 0 Å². The monoisotopic (exact) mass is 235 g/mol. The Bertz CT molecular complexity index is 438. The van der Waals surface area contributed by atoms with Crippen LogP contribution in [-0.2, 0) is 4.79 Å². The van der Waals surface area contributed by atoms with Gasteiger partial charge in [-0.1, -0.05) is 19.9 Å². The highest BCUT2D eigenvalue weighted by Gasteiger charge is 2.10. The van der Waals surface area contributed by atoms with Crippen LogP contribution in [0.5, 0.6) is 0 Å². The number of aryl methyl sites for hydroxylation is 1. The molecular weight excluding hydrogens is 218 g/mol. The molecule has 92 valence electrons. The third-order valence-electron chi connectivity index (χ3n) is 2.35. The van der Waals surface area contributed by atoms with Crippen molar-refractivity contribution >= 4 is 17.6 Å². The maximum Gasteiger partial charge on any atom is 0.336 e. The lowest BCUT2D eigenvalue weighted by molar-refractivity contribution is -0.116. The summed E-state index contributed by atoms with van der Waals surface area (Å²) in [5.74, 6) is -0.804. The normalized spacial score (nSPS) is 10.4. The summed E-state index contributed by atoms with van der Waals surface area (Å²) in [5, 5.41) is 11.7. The molecule has 0 fully saturated rings. The highest BCUT2D eigenvalue weighted by molar-refractivity contribution is 5.94. The van der Waals surface area contributed by atoms with Crippen LogP contribution in [0.25, 0.3) is 0 Å². The molecule has 0 spiro atoms. The molecule has 0 aliphatic heterocycles. The Morgan fingerprint density at radius 2 is 2.00 bits per heavy atom. The molecule has 4 nitrogen and oxygen atoms in total. The summed E-state index contributed by atoms with van der Waals surface area (Å²) >= 11 is 0. The minimum Gasteiger partial charge on any atom is -0.478 e. The van der Waals surface area contributed by atoms with Gasteiger partial charge in [-0.3, -0.25) is 4.79 Å². The molecule has 1 amide bonds. The molecule has 0 aliphatic carbocycles. The highest BCUT2D eigenvalue weighted by Crippen LogP contribution is 2.16. The van der Waals surface area contributed by atoms with Gasteiger partial charge < -0.3 is 10.4 Å². The van der Waals surface area contributed by atoms with Crippen molar-refractivity contribution in [1.29, 1.82) is 0 Å². The van der Waals surface area contributed by atoms with Crippen molar-refractivity contribution in [2.45, 2.75) is 27.2 Å². The number of carboxylic acids is 1. The summed E-state index contributed by atoms with van der Waals surface area (Å²) < 4.78 is 0. The summed E-state index contributed by atoms with van der Waals surface area (Å²) in [7, 11) is 0. The van der Waals surface area contributed by atoms with Crippen LogP contribution >= 0.6 is 0 Å². The average molecular weight is 235 g/mol. The molecule has 0 unspecified atom stereocenters. The quantitative estimate of drug-likeness (QED) is 0.843. The van der Waals surface area contributed by atoms with E-state index < -0.39 is 5.97 Å². The molecule has 0 saturated carbocycles. The minimum absolute atomic E-state index is 0.0970. The fourth-order valence-electron chi connectivity index (χ4n) is 1.51. The third-order valence-corrected chi connectivity index (χ3v) is 2.35. The fourth-order valence-corrected chi connectivity index (χ4v) is 1.51.